The number of likely N-dealkylation sites (tertiary alicyclic amines) is 1. The van der Waals surface area contributed by atoms with Gasteiger partial charge in [-0.1, -0.05) is 26.7 Å². The summed E-state index contributed by atoms with van der Waals surface area (Å²) in [7, 11) is 0. The van der Waals surface area contributed by atoms with Gasteiger partial charge >= 0.3 is 0 Å². The van der Waals surface area contributed by atoms with Gasteiger partial charge in [-0.15, -0.1) is 0 Å². The highest BCUT2D eigenvalue weighted by molar-refractivity contribution is 7.99. The first-order chi connectivity index (χ1) is 10.8. The third-order valence-corrected chi connectivity index (χ3v) is 6.21. The topological polar surface area (TPSA) is 23.6 Å². The molecule has 0 radical (unpaired) electrons. The molecule has 0 aromatic carbocycles. The molecular formula is C18H34N2OS. The van der Waals surface area contributed by atoms with Crippen molar-refractivity contribution < 1.29 is 4.79 Å². The molecule has 2 rings (SSSR count). The molecule has 4 heteroatoms. The molecule has 3 nitrogen and oxygen atoms in total. The van der Waals surface area contributed by atoms with Gasteiger partial charge in [-0.25, -0.2) is 0 Å². The lowest BCUT2D eigenvalue weighted by Crippen LogP contribution is -2.49. The van der Waals surface area contributed by atoms with E-state index < -0.39 is 0 Å². The van der Waals surface area contributed by atoms with Gasteiger partial charge in [-0.2, -0.15) is 11.8 Å². The number of carbonyl (C=O) groups is 1. The van der Waals surface area contributed by atoms with Crippen LogP contribution in [0.15, 0.2) is 0 Å². The predicted octanol–water partition coefficient (Wildman–Crippen LogP) is 3.63. The molecule has 128 valence electrons. The first kappa shape index (κ1) is 18.1. The van der Waals surface area contributed by atoms with Crippen LogP contribution in [0, 0.1) is 5.92 Å². The van der Waals surface area contributed by atoms with Crippen LogP contribution in [0.5, 0.6) is 0 Å². The fourth-order valence-electron chi connectivity index (χ4n) is 3.86. The van der Waals surface area contributed by atoms with E-state index in [-0.39, 0.29) is 5.92 Å². The van der Waals surface area contributed by atoms with Crippen LogP contribution in [0.3, 0.4) is 0 Å². The van der Waals surface area contributed by atoms with E-state index in [1.807, 2.05) is 11.8 Å². The summed E-state index contributed by atoms with van der Waals surface area (Å²) in [5.74, 6) is 3.06. The predicted molar refractivity (Wildman–Crippen MR) is 96.4 cm³/mol. The minimum Gasteiger partial charge on any atom is -0.337 e. The standard InChI is InChI=1S/C18H34N2OS/c1-3-8-16(9-4-2)18(21)20-12-7-13-22-15-17(20)14-19-10-5-6-11-19/h16-17H,3-15H2,1-2H3. The van der Waals surface area contributed by atoms with Gasteiger partial charge in [0.2, 0.25) is 5.91 Å². The minimum absolute atomic E-state index is 0.263. The molecule has 0 N–H and O–H groups in total. The lowest BCUT2D eigenvalue weighted by Gasteiger charge is -2.35. The number of nitrogens with zero attached hydrogens (tertiary/aromatic N) is 2. The van der Waals surface area contributed by atoms with Crippen LogP contribution in [0.4, 0.5) is 0 Å². The summed E-state index contributed by atoms with van der Waals surface area (Å²) in [5, 5.41) is 0. The Morgan fingerprint density at radius 2 is 1.77 bits per heavy atom. The van der Waals surface area contributed by atoms with Crippen LogP contribution in [0.25, 0.3) is 0 Å². The number of carbonyl (C=O) groups excluding carboxylic acids is 1. The molecule has 1 atom stereocenters. The van der Waals surface area contributed by atoms with Gasteiger partial charge in [0.05, 0.1) is 6.04 Å². The van der Waals surface area contributed by atoms with Crippen LogP contribution in [-0.2, 0) is 4.79 Å². The second-order valence-electron chi connectivity index (χ2n) is 6.90. The smallest absolute Gasteiger partial charge is 0.226 e. The molecule has 0 spiro atoms. The van der Waals surface area contributed by atoms with Gasteiger partial charge in [0.15, 0.2) is 0 Å². The second kappa shape index (κ2) is 9.82. The van der Waals surface area contributed by atoms with Crippen molar-refractivity contribution in [2.75, 3.05) is 37.7 Å². The molecule has 2 fully saturated rings. The Bertz CT molecular complexity index is 325. The number of amides is 1. The zero-order valence-corrected chi connectivity index (χ0v) is 15.4. The zero-order chi connectivity index (χ0) is 15.8. The number of hydrogen-bond donors (Lipinski definition) is 0. The fraction of sp³-hybridized carbons (Fsp3) is 0.944. The summed E-state index contributed by atoms with van der Waals surface area (Å²) in [6.45, 7) is 8.96. The monoisotopic (exact) mass is 326 g/mol. The maximum Gasteiger partial charge on any atom is 0.226 e. The summed E-state index contributed by atoms with van der Waals surface area (Å²) in [6, 6.07) is 0.439. The normalized spacial score (nSPS) is 24.0. The van der Waals surface area contributed by atoms with Gasteiger partial charge in [0, 0.05) is 24.8 Å². The van der Waals surface area contributed by atoms with Crippen molar-refractivity contribution in [3.63, 3.8) is 0 Å². The summed E-state index contributed by atoms with van der Waals surface area (Å²) in [4.78, 5) is 18.0. The van der Waals surface area contributed by atoms with Crippen LogP contribution in [-0.4, -0.2) is 59.4 Å². The molecule has 2 saturated heterocycles. The van der Waals surface area contributed by atoms with Gasteiger partial charge < -0.3 is 9.80 Å². The molecule has 0 bridgehead atoms. The maximum absolute atomic E-state index is 13.1. The first-order valence-corrected chi connectivity index (χ1v) is 10.5. The van der Waals surface area contributed by atoms with Crippen molar-refractivity contribution in [3.05, 3.63) is 0 Å². The van der Waals surface area contributed by atoms with Gasteiger partial charge in [-0.05, 0) is 50.9 Å². The number of thioether (sulfide) groups is 1. The van der Waals surface area contributed by atoms with Gasteiger partial charge in [0.25, 0.3) is 0 Å². The summed E-state index contributed by atoms with van der Waals surface area (Å²) in [5.41, 5.74) is 0. The van der Waals surface area contributed by atoms with E-state index in [0.717, 1.165) is 50.9 Å². The van der Waals surface area contributed by atoms with E-state index in [0.29, 0.717) is 11.9 Å². The van der Waals surface area contributed by atoms with E-state index in [2.05, 4.69) is 23.6 Å². The summed E-state index contributed by atoms with van der Waals surface area (Å²) in [6.07, 6.45) is 8.20. The Labute approximate surface area is 141 Å². The third-order valence-electron chi connectivity index (χ3n) is 5.01. The Kier molecular flexibility index (Phi) is 8.09. The Balaban J connectivity index is 2.02. The Hall–Kier alpha value is -0.220. The van der Waals surface area contributed by atoms with Crippen LogP contribution < -0.4 is 0 Å². The lowest BCUT2D eigenvalue weighted by molar-refractivity contribution is -0.138. The Morgan fingerprint density at radius 3 is 2.41 bits per heavy atom. The minimum atomic E-state index is 0.263. The molecular weight excluding hydrogens is 292 g/mol. The van der Waals surface area contributed by atoms with Crippen molar-refractivity contribution in [3.8, 4) is 0 Å². The first-order valence-electron chi connectivity index (χ1n) is 9.36. The summed E-state index contributed by atoms with van der Waals surface area (Å²) >= 11 is 2.05. The zero-order valence-electron chi connectivity index (χ0n) is 14.6. The molecule has 0 aliphatic carbocycles. The van der Waals surface area contributed by atoms with Crippen LogP contribution >= 0.6 is 11.8 Å². The molecule has 0 aromatic heterocycles. The molecule has 22 heavy (non-hydrogen) atoms. The quantitative estimate of drug-likeness (QED) is 0.714. The number of rotatable bonds is 7. The summed E-state index contributed by atoms with van der Waals surface area (Å²) < 4.78 is 0. The van der Waals surface area contributed by atoms with Gasteiger partial charge in [-0.3, -0.25) is 4.79 Å². The molecule has 2 aliphatic rings. The van der Waals surface area contributed by atoms with Crippen LogP contribution in [0.1, 0.15) is 58.8 Å². The molecule has 0 aromatic rings. The molecule has 1 unspecified atom stereocenters. The molecule has 1 amide bonds. The highest BCUT2D eigenvalue weighted by Gasteiger charge is 2.31. The number of hydrogen-bond acceptors (Lipinski definition) is 3. The molecule has 0 saturated carbocycles. The van der Waals surface area contributed by atoms with E-state index in [4.69, 9.17) is 0 Å². The van der Waals surface area contributed by atoms with Crippen molar-refractivity contribution in [1.82, 2.24) is 9.80 Å². The SMILES string of the molecule is CCCC(CCC)C(=O)N1CCCSCC1CN1CCCC1. The van der Waals surface area contributed by atoms with E-state index in [1.165, 1.54) is 31.7 Å². The van der Waals surface area contributed by atoms with Crippen molar-refractivity contribution in [2.24, 2.45) is 5.92 Å². The third kappa shape index (κ3) is 5.16. The fourth-order valence-corrected chi connectivity index (χ4v) is 4.91. The van der Waals surface area contributed by atoms with E-state index in [9.17, 15) is 4.79 Å². The average Bonchev–Trinajstić information content (AvgIpc) is 2.91. The van der Waals surface area contributed by atoms with Crippen molar-refractivity contribution >= 4 is 17.7 Å². The largest absolute Gasteiger partial charge is 0.337 e. The molecule has 2 heterocycles. The highest BCUT2D eigenvalue weighted by atomic mass is 32.2. The lowest BCUT2D eigenvalue weighted by atomic mass is 9.96. The van der Waals surface area contributed by atoms with Crippen molar-refractivity contribution in [2.45, 2.75) is 64.8 Å². The van der Waals surface area contributed by atoms with E-state index in [1.54, 1.807) is 0 Å². The van der Waals surface area contributed by atoms with E-state index >= 15 is 0 Å². The van der Waals surface area contributed by atoms with Crippen molar-refractivity contribution in [1.29, 1.82) is 0 Å². The average molecular weight is 327 g/mol. The highest BCUT2D eigenvalue weighted by Crippen LogP contribution is 2.24. The molecule has 2 aliphatic heterocycles. The van der Waals surface area contributed by atoms with Crippen LogP contribution in [0.2, 0.25) is 0 Å². The Morgan fingerprint density at radius 1 is 1.09 bits per heavy atom. The maximum atomic E-state index is 13.1. The second-order valence-corrected chi connectivity index (χ2v) is 8.05. The van der Waals surface area contributed by atoms with Gasteiger partial charge in [0.1, 0.15) is 0 Å².